The Kier molecular flexibility index (Phi) is 5.17. The molecule has 1 heterocycles. The maximum atomic E-state index is 13.1. The minimum Gasteiger partial charge on any atom is -0.396 e. The molecule has 2 atom stereocenters. The van der Waals surface area contributed by atoms with Crippen LogP contribution in [-0.4, -0.2) is 29.4 Å². The van der Waals surface area contributed by atoms with E-state index >= 15 is 0 Å². The highest BCUT2D eigenvalue weighted by Gasteiger charge is 2.29. The van der Waals surface area contributed by atoms with Gasteiger partial charge in [-0.3, -0.25) is 9.69 Å². The molecular formula is C16H24FN3O. The van der Waals surface area contributed by atoms with Gasteiger partial charge in [0.05, 0.1) is 11.7 Å². The largest absolute Gasteiger partial charge is 0.396 e. The first-order valence-corrected chi connectivity index (χ1v) is 7.64. The van der Waals surface area contributed by atoms with Gasteiger partial charge in [-0.25, -0.2) is 4.39 Å². The third-order valence-electron chi connectivity index (χ3n) is 4.28. The molecule has 5 heteroatoms. The van der Waals surface area contributed by atoms with Gasteiger partial charge in [-0.05, 0) is 50.9 Å². The number of hydrogen-bond acceptors (Lipinski definition) is 3. The van der Waals surface area contributed by atoms with Crippen molar-refractivity contribution in [3.63, 3.8) is 0 Å². The first-order chi connectivity index (χ1) is 10.0. The Labute approximate surface area is 125 Å². The van der Waals surface area contributed by atoms with E-state index in [0.717, 1.165) is 25.8 Å². The smallest absolute Gasteiger partial charge is 0.241 e. The molecule has 1 aromatic carbocycles. The van der Waals surface area contributed by atoms with Crippen molar-refractivity contribution in [1.29, 1.82) is 0 Å². The number of benzene rings is 1. The van der Waals surface area contributed by atoms with Crippen molar-refractivity contribution < 1.29 is 9.18 Å². The van der Waals surface area contributed by atoms with E-state index in [-0.39, 0.29) is 17.6 Å². The van der Waals surface area contributed by atoms with Gasteiger partial charge in [0.2, 0.25) is 5.91 Å². The van der Waals surface area contributed by atoms with Crippen LogP contribution in [0.15, 0.2) is 18.2 Å². The number of piperidine rings is 1. The van der Waals surface area contributed by atoms with Crippen molar-refractivity contribution in [3.8, 4) is 0 Å². The maximum Gasteiger partial charge on any atom is 0.241 e. The Morgan fingerprint density at radius 2 is 2.29 bits per heavy atom. The predicted molar refractivity (Wildman–Crippen MR) is 83.5 cm³/mol. The Morgan fingerprint density at radius 1 is 1.52 bits per heavy atom. The second-order valence-corrected chi connectivity index (χ2v) is 5.70. The van der Waals surface area contributed by atoms with Crippen molar-refractivity contribution in [2.45, 2.75) is 51.6 Å². The fraction of sp³-hybridized carbons (Fsp3) is 0.562. The zero-order valence-electron chi connectivity index (χ0n) is 12.7. The van der Waals surface area contributed by atoms with E-state index in [1.54, 1.807) is 0 Å². The van der Waals surface area contributed by atoms with Gasteiger partial charge in [0.15, 0.2) is 0 Å². The molecule has 1 aliphatic heterocycles. The zero-order valence-corrected chi connectivity index (χ0v) is 12.7. The molecule has 2 unspecified atom stereocenters. The topological polar surface area (TPSA) is 58.4 Å². The number of halogens is 1. The maximum absolute atomic E-state index is 13.1. The van der Waals surface area contributed by atoms with Crippen LogP contribution in [0, 0.1) is 5.82 Å². The van der Waals surface area contributed by atoms with E-state index in [2.05, 4.69) is 17.1 Å². The first kappa shape index (κ1) is 15.8. The molecule has 1 fully saturated rings. The Balaban J connectivity index is 2.02. The van der Waals surface area contributed by atoms with Crippen molar-refractivity contribution in [2.24, 2.45) is 0 Å². The number of nitrogen functional groups attached to an aromatic ring is 1. The predicted octanol–water partition coefficient (Wildman–Crippen LogP) is 3.00. The summed E-state index contributed by atoms with van der Waals surface area (Å²) >= 11 is 0. The summed E-state index contributed by atoms with van der Waals surface area (Å²) in [7, 11) is 0. The van der Waals surface area contributed by atoms with Crippen molar-refractivity contribution in [2.75, 3.05) is 17.6 Å². The number of rotatable bonds is 4. The average Bonchev–Trinajstić information content (AvgIpc) is 2.50. The number of carbonyl (C=O) groups excluding carboxylic acids is 1. The van der Waals surface area contributed by atoms with E-state index < -0.39 is 5.82 Å². The van der Waals surface area contributed by atoms with Crippen molar-refractivity contribution in [3.05, 3.63) is 24.0 Å². The van der Waals surface area contributed by atoms with Crippen LogP contribution in [0.1, 0.15) is 39.5 Å². The van der Waals surface area contributed by atoms with Crippen LogP contribution in [0.5, 0.6) is 0 Å². The van der Waals surface area contributed by atoms with Crippen LogP contribution < -0.4 is 11.1 Å². The highest BCUT2D eigenvalue weighted by molar-refractivity contribution is 5.94. The summed E-state index contributed by atoms with van der Waals surface area (Å²) in [6.07, 6.45) is 4.58. The normalized spacial score (nSPS) is 21.0. The highest BCUT2D eigenvalue weighted by atomic mass is 19.1. The van der Waals surface area contributed by atoms with E-state index in [9.17, 15) is 9.18 Å². The molecule has 1 amide bonds. The summed E-state index contributed by atoms with van der Waals surface area (Å²) in [4.78, 5) is 14.7. The third kappa shape index (κ3) is 3.73. The summed E-state index contributed by atoms with van der Waals surface area (Å²) in [5.74, 6) is -0.538. The molecule has 0 aromatic heterocycles. The second kappa shape index (κ2) is 6.89. The molecule has 1 saturated heterocycles. The van der Waals surface area contributed by atoms with E-state index in [1.807, 2.05) is 6.92 Å². The first-order valence-electron chi connectivity index (χ1n) is 7.64. The Hall–Kier alpha value is -1.62. The number of hydrogen-bond donors (Lipinski definition) is 2. The van der Waals surface area contributed by atoms with E-state index in [0.29, 0.717) is 11.7 Å². The molecule has 116 valence electrons. The molecule has 1 aliphatic rings. The second-order valence-electron chi connectivity index (χ2n) is 5.70. The molecule has 0 radical (unpaired) electrons. The van der Waals surface area contributed by atoms with Gasteiger partial charge in [-0.1, -0.05) is 13.3 Å². The van der Waals surface area contributed by atoms with Gasteiger partial charge in [-0.2, -0.15) is 0 Å². The molecule has 1 aromatic rings. The summed E-state index contributed by atoms with van der Waals surface area (Å²) in [5, 5.41) is 2.82. The minimum atomic E-state index is -0.469. The molecule has 0 spiro atoms. The molecule has 0 aliphatic carbocycles. The van der Waals surface area contributed by atoms with Crippen molar-refractivity contribution >= 4 is 17.3 Å². The number of nitrogens with two attached hydrogens (primary N) is 1. The lowest BCUT2D eigenvalue weighted by Crippen LogP contribution is -2.49. The molecule has 0 saturated carbocycles. The molecule has 0 bridgehead atoms. The number of anilines is 2. The van der Waals surface area contributed by atoms with Crippen LogP contribution in [0.2, 0.25) is 0 Å². The summed E-state index contributed by atoms with van der Waals surface area (Å²) in [6.45, 7) is 5.04. The number of likely N-dealkylation sites (tertiary alicyclic amines) is 1. The molecule has 2 rings (SSSR count). The number of nitrogens with one attached hydrogen (secondary N) is 1. The molecular weight excluding hydrogens is 269 g/mol. The Bertz CT molecular complexity index is 506. The minimum absolute atomic E-state index is 0.0462. The average molecular weight is 293 g/mol. The molecule has 3 N–H and O–H groups in total. The van der Waals surface area contributed by atoms with Crippen molar-refractivity contribution in [1.82, 2.24) is 4.90 Å². The van der Waals surface area contributed by atoms with Gasteiger partial charge >= 0.3 is 0 Å². The standard InChI is InChI=1S/C16H24FN3O/c1-3-13-6-4-5-9-20(13)11(2)16(21)19-12-7-8-14(17)15(18)10-12/h7-8,10-11,13H,3-6,9,18H2,1-2H3,(H,19,21). The zero-order chi connectivity index (χ0) is 15.4. The lowest BCUT2D eigenvalue weighted by Gasteiger charge is -2.38. The van der Waals surface area contributed by atoms with Gasteiger partial charge in [0.25, 0.3) is 0 Å². The van der Waals surface area contributed by atoms with Crippen LogP contribution in [0.25, 0.3) is 0 Å². The molecule has 4 nitrogen and oxygen atoms in total. The van der Waals surface area contributed by atoms with Gasteiger partial charge in [-0.15, -0.1) is 0 Å². The molecule has 21 heavy (non-hydrogen) atoms. The number of carbonyl (C=O) groups is 1. The SMILES string of the molecule is CCC1CCCCN1C(C)C(=O)Nc1ccc(F)c(N)c1. The van der Waals surface area contributed by atoms with Gasteiger partial charge < -0.3 is 11.1 Å². The fourth-order valence-electron chi connectivity index (χ4n) is 2.99. The Morgan fingerprint density at radius 3 is 2.95 bits per heavy atom. The quantitative estimate of drug-likeness (QED) is 0.839. The summed E-state index contributed by atoms with van der Waals surface area (Å²) < 4.78 is 13.1. The van der Waals surface area contributed by atoms with E-state index in [1.165, 1.54) is 24.6 Å². The lowest BCUT2D eigenvalue weighted by molar-refractivity contribution is -0.122. The van der Waals surface area contributed by atoms with E-state index in [4.69, 9.17) is 5.73 Å². The fourth-order valence-corrected chi connectivity index (χ4v) is 2.99. The summed E-state index contributed by atoms with van der Waals surface area (Å²) in [5.41, 5.74) is 6.11. The van der Waals surface area contributed by atoms with Crippen LogP contribution >= 0.6 is 0 Å². The van der Waals surface area contributed by atoms with Crippen LogP contribution in [0.4, 0.5) is 15.8 Å². The third-order valence-corrected chi connectivity index (χ3v) is 4.28. The van der Waals surface area contributed by atoms with Crippen LogP contribution in [0.3, 0.4) is 0 Å². The number of amides is 1. The number of nitrogens with zero attached hydrogens (tertiary/aromatic N) is 1. The van der Waals surface area contributed by atoms with Gasteiger partial charge in [0, 0.05) is 11.7 Å². The van der Waals surface area contributed by atoms with Crippen LogP contribution in [-0.2, 0) is 4.79 Å². The lowest BCUT2D eigenvalue weighted by atomic mass is 9.98. The monoisotopic (exact) mass is 293 g/mol. The summed E-state index contributed by atoms with van der Waals surface area (Å²) in [6, 6.07) is 4.53. The van der Waals surface area contributed by atoms with Gasteiger partial charge in [0.1, 0.15) is 5.82 Å². The highest BCUT2D eigenvalue weighted by Crippen LogP contribution is 2.23.